The first-order chi connectivity index (χ1) is 6.77. The fourth-order valence-corrected chi connectivity index (χ4v) is 1.32. The number of benzene rings is 1. The van der Waals surface area contributed by atoms with Crippen molar-refractivity contribution in [2.45, 2.75) is 6.92 Å². The lowest BCUT2D eigenvalue weighted by Crippen LogP contribution is -2.23. The van der Waals surface area contributed by atoms with Gasteiger partial charge in [0.05, 0.1) is 0 Å². The van der Waals surface area contributed by atoms with E-state index in [1.165, 1.54) is 10.8 Å². The molecule has 0 unspecified atom stereocenters. The van der Waals surface area contributed by atoms with Gasteiger partial charge in [-0.15, -0.1) is 0 Å². The van der Waals surface area contributed by atoms with E-state index in [9.17, 15) is 0 Å². The predicted molar refractivity (Wildman–Crippen MR) is 63.4 cm³/mol. The Balaban J connectivity index is 3.09. The molecule has 0 saturated carbocycles. The van der Waals surface area contributed by atoms with Crippen LogP contribution in [0.3, 0.4) is 0 Å². The minimum Gasteiger partial charge on any atom is -0.316 e. The highest BCUT2D eigenvalue weighted by Gasteiger charge is 1.88. The van der Waals surface area contributed by atoms with E-state index >= 15 is 0 Å². The quantitative estimate of drug-likeness (QED) is 0.745. The highest BCUT2D eigenvalue weighted by Crippen LogP contribution is 1.92. The third kappa shape index (κ3) is 2.86. The van der Waals surface area contributed by atoms with Crippen LogP contribution in [0, 0.1) is 0 Å². The first kappa shape index (κ1) is 10.7. The lowest BCUT2D eigenvalue weighted by Gasteiger charge is -1.99. The summed E-state index contributed by atoms with van der Waals surface area (Å²) in [5, 5.41) is 5.40. The topological polar surface area (TPSA) is 12.0 Å². The van der Waals surface area contributed by atoms with Crippen molar-refractivity contribution in [1.29, 1.82) is 0 Å². The number of rotatable bonds is 3. The smallest absolute Gasteiger partial charge is 0.0199 e. The van der Waals surface area contributed by atoms with E-state index in [4.69, 9.17) is 0 Å². The molecule has 0 atom stereocenters. The van der Waals surface area contributed by atoms with Crippen molar-refractivity contribution in [3.05, 3.63) is 46.4 Å². The molecule has 1 rings (SSSR count). The summed E-state index contributed by atoms with van der Waals surface area (Å²) in [6.07, 6.45) is 4.28. The lowest BCUT2D eigenvalue weighted by atomic mass is 10.1. The second-order valence-electron chi connectivity index (χ2n) is 3.24. The number of allylic oxidation sites excluding steroid dienone is 1. The van der Waals surface area contributed by atoms with E-state index in [0.29, 0.717) is 0 Å². The average molecular weight is 187 g/mol. The molecule has 1 aromatic carbocycles. The molecule has 0 heterocycles. The highest BCUT2D eigenvalue weighted by atomic mass is 14.8. The van der Waals surface area contributed by atoms with E-state index < -0.39 is 0 Å². The lowest BCUT2D eigenvalue weighted by molar-refractivity contribution is 0.900. The van der Waals surface area contributed by atoms with Crippen molar-refractivity contribution in [1.82, 2.24) is 5.32 Å². The standard InChI is InChI=1S/C13H17N/c1-4-12(10-14-3)9-13-8-6-5-7-11(13)2/h4-9,14H,2,10H2,1,3H3/b12-4+,13-9-. The van der Waals surface area contributed by atoms with E-state index in [1.807, 2.05) is 25.2 Å². The van der Waals surface area contributed by atoms with Crippen molar-refractivity contribution >= 4 is 12.7 Å². The van der Waals surface area contributed by atoms with E-state index in [1.54, 1.807) is 0 Å². The van der Waals surface area contributed by atoms with Crippen molar-refractivity contribution in [3.8, 4) is 0 Å². The zero-order valence-electron chi connectivity index (χ0n) is 8.88. The third-order valence-corrected chi connectivity index (χ3v) is 2.15. The monoisotopic (exact) mass is 187 g/mol. The maximum absolute atomic E-state index is 3.99. The minimum absolute atomic E-state index is 0.894. The van der Waals surface area contributed by atoms with E-state index in [-0.39, 0.29) is 0 Å². The first-order valence-corrected chi connectivity index (χ1v) is 4.83. The van der Waals surface area contributed by atoms with Crippen molar-refractivity contribution < 1.29 is 0 Å². The van der Waals surface area contributed by atoms with Crippen LogP contribution in [0.25, 0.3) is 12.7 Å². The van der Waals surface area contributed by atoms with Gasteiger partial charge in [0, 0.05) is 6.54 Å². The van der Waals surface area contributed by atoms with Crippen molar-refractivity contribution in [2.75, 3.05) is 13.6 Å². The fourth-order valence-electron chi connectivity index (χ4n) is 1.32. The molecule has 1 aromatic rings. The van der Waals surface area contributed by atoms with Crippen molar-refractivity contribution in [2.24, 2.45) is 0 Å². The normalized spacial score (nSPS) is 13.3. The highest BCUT2D eigenvalue weighted by molar-refractivity contribution is 5.47. The molecule has 0 spiro atoms. The molecular weight excluding hydrogens is 170 g/mol. The van der Waals surface area contributed by atoms with E-state index in [0.717, 1.165) is 11.8 Å². The molecule has 0 saturated heterocycles. The first-order valence-electron chi connectivity index (χ1n) is 4.83. The molecule has 1 heteroatoms. The Morgan fingerprint density at radius 2 is 2.14 bits per heavy atom. The van der Waals surface area contributed by atoms with Gasteiger partial charge in [-0.1, -0.05) is 43.0 Å². The van der Waals surface area contributed by atoms with Crippen molar-refractivity contribution in [3.63, 3.8) is 0 Å². The Morgan fingerprint density at radius 1 is 1.43 bits per heavy atom. The van der Waals surface area contributed by atoms with Gasteiger partial charge in [-0.3, -0.25) is 0 Å². The Kier molecular flexibility index (Phi) is 4.14. The number of nitrogens with one attached hydrogen (secondary N) is 1. The van der Waals surface area contributed by atoms with Crippen LogP contribution in [0.4, 0.5) is 0 Å². The molecule has 14 heavy (non-hydrogen) atoms. The molecular formula is C13H17N. The zero-order valence-corrected chi connectivity index (χ0v) is 8.88. The molecule has 0 amide bonds. The van der Waals surface area contributed by atoms with Gasteiger partial charge in [0.1, 0.15) is 0 Å². The van der Waals surface area contributed by atoms with Crippen LogP contribution in [0.1, 0.15) is 6.92 Å². The molecule has 0 radical (unpaired) electrons. The SMILES string of the molecule is C=c1cccc/c1=C/C(=C\C)CNC. The molecule has 1 N–H and O–H groups in total. The summed E-state index contributed by atoms with van der Waals surface area (Å²) in [6.45, 7) is 6.93. The molecule has 0 aromatic heterocycles. The molecule has 74 valence electrons. The Labute approximate surface area is 85.5 Å². The maximum atomic E-state index is 3.99. The number of hydrogen-bond acceptors (Lipinski definition) is 1. The molecule has 0 bridgehead atoms. The van der Waals surface area contributed by atoms with Gasteiger partial charge < -0.3 is 5.32 Å². The van der Waals surface area contributed by atoms with Crippen LogP contribution in [-0.4, -0.2) is 13.6 Å². The van der Waals surface area contributed by atoms with Gasteiger partial charge in [-0.25, -0.2) is 0 Å². The second-order valence-corrected chi connectivity index (χ2v) is 3.24. The van der Waals surface area contributed by atoms with Gasteiger partial charge in [-0.2, -0.15) is 0 Å². The van der Waals surface area contributed by atoms with Gasteiger partial charge in [0.15, 0.2) is 0 Å². The second kappa shape index (κ2) is 5.40. The Morgan fingerprint density at radius 3 is 2.71 bits per heavy atom. The number of hydrogen-bond donors (Lipinski definition) is 1. The predicted octanol–water partition coefficient (Wildman–Crippen LogP) is 1.04. The maximum Gasteiger partial charge on any atom is 0.0199 e. The summed E-state index contributed by atoms with van der Waals surface area (Å²) in [4.78, 5) is 0. The van der Waals surface area contributed by atoms with Gasteiger partial charge >= 0.3 is 0 Å². The Hall–Kier alpha value is -1.34. The summed E-state index contributed by atoms with van der Waals surface area (Å²) < 4.78 is 0. The molecule has 1 nitrogen and oxygen atoms in total. The molecule has 0 aliphatic heterocycles. The molecule has 0 aliphatic rings. The molecule has 0 aliphatic carbocycles. The van der Waals surface area contributed by atoms with Crippen LogP contribution < -0.4 is 15.8 Å². The van der Waals surface area contributed by atoms with Crippen LogP contribution >= 0.6 is 0 Å². The summed E-state index contributed by atoms with van der Waals surface area (Å²) >= 11 is 0. The van der Waals surface area contributed by atoms with Crippen LogP contribution in [-0.2, 0) is 0 Å². The van der Waals surface area contributed by atoms with Gasteiger partial charge in [0.2, 0.25) is 0 Å². The van der Waals surface area contributed by atoms with Crippen LogP contribution in [0.15, 0.2) is 35.9 Å². The zero-order chi connectivity index (χ0) is 10.4. The third-order valence-electron chi connectivity index (χ3n) is 2.15. The average Bonchev–Trinajstić information content (AvgIpc) is 2.20. The van der Waals surface area contributed by atoms with E-state index in [2.05, 4.69) is 37.0 Å². The number of likely N-dealkylation sites (N-methyl/N-ethyl adjacent to an activating group) is 1. The Bertz CT molecular complexity index is 415. The van der Waals surface area contributed by atoms with Crippen LogP contribution in [0.5, 0.6) is 0 Å². The van der Waals surface area contributed by atoms with Gasteiger partial charge in [0.25, 0.3) is 0 Å². The van der Waals surface area contributed by atoms with Gasteiger partial charge in [-0.05, 0) is 30.0 Å². The fraction of sp³-hybridized carbons (Fsp3) is 0.231. The summed E-state index contributed by atoms with van der Waals surface area (Å²) in [7, 11) is 1.95. The molecule has 0 fully saturated rings. The summed E-state index contributed by atoms with van der Waals surface area (Å²) in [6, 6.07) is 8.15. The summed E-state index contributed by atoms with van der Waals surface area (Å²) in [5.41, 5.74) is 1.28. The van der Waals surface area contributed by atoms with Crippen LogP contribution in [0.2, 0.25) is 0 Å². The summed E-state index contributed by atoms with van der Waals surface area (Å²) in [5.74, 6) is 0. The largest absolute Gasteiger partial charge is 0.316 e. The minimum atomic E-state index is 0.894.